The van der Waals surface area contributed by atoms with E-state index >= 15 is 0 Å². The predicted molar refractivity (Wildman–Crippen MR) is 169 cm³/mol. The Morgan fingerprint density at radius 2 is 1.67 bits per heavy atom. The SMILES string of the molecule is COC(=O)C1=C(C)N=c2s/c(=C/c3cn(-c4ccccc4)nc3-c3ccccc3)c(=O)n2C1c1ccc(OC(C)=O)c(OC)c1. The summed E-state index contributed by atoms with van der Waals surface area (Å²) in [5.41, 5.74) is 4.06. The Labute approximate surface area is 261 Å². The number of esters is 2. The van der Waals surface area contributed by atoms with Crippen LogP contribution in [0.5, 0.6) is 11.5 Å². The Morgan fingerprint density at radius 1 is 0.956 bits per heavy atom. The average molecular weight is 621 g/mol. The maximum atomic E-state index is 14.2. The highest BCUT2D eigenvalue weighted by molar-refractivity contribution is 7.07. The number of rotatable bonds is 7. The summed E-state index contributed by atoms with van der Waals surface area (Å²) < 4.78 is 19.6. The number of fused-ring (bicyclic) bond motifs is 1. The number of para-hydroxylation sites is 1. The minimum absolute atomic E-state index is 0.209. The molecule has 3 aromatic carbocycles. The molecule has 5 aromatic rings. The fraction of sp³-hybridized carbons (Fsp3) is 0.147. The van der Waals surface area contributed by atoms with Crippen LogP contribution in [0.15, 0.2) is 106 Å². The highest BCUT2D eigenvalue weighted by Crippen LogP contribution is 2.36. The van der Waals surface area contributed by atoms with Crippen molar-refractivity contribution in [3.8, 4) is 28.4 Å². The molecule has 0 fully saturated rings. The second kappa shape index (κ2) is 12.2. The molecule has 10 nitrogen and oxygen atoms in total. The number of ether oxygens (including phenoxy) is 3. The summed E-state index contributed by atoms with van der Waals surface area (Å²) in [7, 11) is 2.73. The minimum Gasteiger partial charge on any atom is -0.493 e. The molecule has 0 saturated carbocycles. The normalized spacial score (nSPS) is 14.5. The van der Waals surface area contributed by atoms with Gasteiger partial charge in [0.25, 0.3) is 5.56 Å². The van der Waals surface area contributed by atoms with E-state index in [1.54, 1.807) is 35.9 Å². The zero-order valence-electron chi connectivity index (χ0n) is 24.9. The van der Waals surface area contributed by atoms with Crippen LogP contribution >= 0.6 is 11.3 Å². The third-order valence-corrected chi connectivity index (χ3v) is 8.26. The molecular weight excluding hydrogens is 592 g/mol. The molecule has 1 aliphatic heterocycles. The van der Waals surface area contributed by atoms with Gasteiger partial charge in [-0.3, -0.25) is 14.2 Å². The van der Waals surface area contributed by atoms with Gasteiger partial charge in [-0.05, 0) is 42.8 Å². The first-order valence-electron chi connectivity index (χ1n) is 14.0. The maximum absolute atomic E-state index is 14.2. The zero-order chi connectivity index (χ0) is 31.7. The molecule has 45 heavy (non-hydrogen) atoms. The van der Waals surface area contributed by atoms with E-state index in [9.17, 15) is 14.4 Å². The van der Waals surface area contributed by atoms with Crippen LogP contribution in [-0.2, 0) is 14.3 Å². The van der Waals surface area contributed by atoms with Crippen molar-refractivity contribution in [2.24, 2.45) is 4.99 Å². The molecule has 0 N–H and O–H groups in total. The highest BCUT2D eigenvalue weighted by Gasteiger charge is 2.34. The second-order valence-electron chi connectivity index (χ2n) is 10.2. The van der Waals surface area contributed by atoms with Crippen molar-refractivity contribution in [1.82, 2.24) is 14.3 Å². The first-order valence-corrected chi connectivity index (χ1v) is 14.8. The molecular formula is C34H28N4O6S. The van der Waals surface area contributed by atoms with Crippen molar-refractivity contribution in [1.29, 1.82) is 0 Å². The number of carbonyl (C=O) groups is 2. The van der Waals surface area contributed by atoms with Crippen molar-refractivity contribution in [3.05, 3.63) is 127 Å². The topological polar surface area (TPSA) is 114 Å². The number of carbonyl (C=O) groups excluding carboxylic acids is 2. The van der Waals surface area contributed by atoms with Gasteiger partial charge in [0, 0.05) is 24.2 Å². The lowest BCUT2D eigenvalue weighted by atomic mass is 9.95. The summed E-state index contributed by atoms with van der Waals surface area (Å²) >= 11 is 1.22. The molecule has 0 bridgehead atoms. The Morgan fingerprint density at radius 3 is 2.33 bits per heavy atom. The van der Waals surface area contributed by atoms with Crippen LogP contribution in [0.25, 0.3) is 23.0 Å². The maximum Gasteiger partial charge on any atom is 0.338 e. The van der Waals surface area contributed by atoms with Gasteiger partial charge in [0.15, 0.2) is 16.3 Å². The van der Waals surface area contributed by atoms with E-state index in [4.69, 9.17) is 19.3 Å². The van der Waals surface area contributed by atoms with E-state index in [1.165, 1.54) is 37.0 Å². The standard InChI is InChI=1S/C34H28N4O6S/c1-20-29(33(41)43-4)31(23-15-16-26(44-21(2)39)27(17-23)42-3)38-32(40)28(45-34(38)35-20)18-24-19-37(25-13-9-6-10-14-25)36-30(24)22-11-7-5-8-12-22/h5-19,31H,1-4H3/b28-18+. The summed E-state index contributed by atoms with van der Waals surface area (Å²) in [6.07, 6.45) is 3.69. The Kier molecular flexibility index (Phi) is 8.01. The van der Waals surface area contributed by atoms with E-state index in [2.05, 4.69) is 4.99 Å². The Bertz CT molecular complexity index is 2150. The molecule has 1 aliphatic rings. The summed E-state index contributed by atoms with van der Waals surface area (Å²) in [6, 6.07) is 23.5. The number of methoxy groups -OCH3 is 2. The number of hydrogen-bond donors (Lipinski definition) is 0. The largest absolute Gasteiger partial charge is 0.493 e. The molecule has 6 rings (SSSR count). The van der Waals surface area contributed by atoms with Gasteiger partial charge in [0.2, 0.25) is 0 Å². The molecule has 0 amide bonds. The molecule has 0 saturated heterocycles. The number of benzene rings is 3. The smallest absolute Gasteiger partial charge is 0.338 e. The van der Waals surface area contributed by atoms with Gasteiger partial charge >= 0.3 is 11.9 Å². The molecule has 0 aliphatic carbocycles. The lowest BCUT2D eigenvalue weighted by Gasteiger charge is -2.25. The predicted octanol–water partition coefficient (Wildman–Crippen LogP) is 4.19. The highest BCUT2D eigenvalue weighted by atomic mass is 32.1. The van der Waals surface area contributed by atoms with Crippen LogP contribution < -0.4 is 24.4 Å². The van der Waals surface area contributed by atoms with Crippen LogP contribution in [0.4, 0.5) is 0 Å². The molecule has 2 aromatic heterocycles. The van der Waals surface area contributed by atoms with Crippen LogP contribution in [-0.4, -0.2) is 40.5 Å². The minimum atomic E-state index is -0.878. The number of allylic oxidation sites excluding steroid dienone is 1. The summed E-state index contributed by atoms with van der Waals surface area (Å²) in [4.78, 5) is 44.1. The summed E-state index contributed by atoms with van der Waals surface area (Å²) in [6.45, 7) is 3.00. The number of thiazole rings is 1. The van der Waals surface area contributed by atoms with E-state index in [0.717, 1.165) is 16.8 Å². The van der Waals surface area contributed by atoms with Gasteiger partial charge in [0.1, 0.15) is 0 Å². The van der Waals surface area contributed by atoms with E-state index in [-0.39, 0.29) is 22.6 Å². The van der Waals surface area contributed by atoms with Gasteiger partial charge in [-0.15, -0.1) is 0 Å². The molecule has 1 atom stereocenters. The molecule has 0 spiro atoms. The van der Waals surface area contributed by atoms with E-state index < -0.39 is 18.0 Å². The van der Waals surface area contributed by atoms with Crippen LogP contribution in [0, 0.1) is 0 Å². The molecule has 3 heterocycles. The average Bonchev–Trinajstić information content (AvgIpc) is 3.61. The fourth-order valence-corrected chi connectivity index (χ4v) is 6.31. The van der Waals surface area contributed by atoms with Gasteiger partial charge in [-0.1, -0.05) is 65.9 Å². The number of aromatic nitrogens is 3. The quantitative estimate of drug-likeness (QED) is 0.198. The number of hydrogen-bond acceptors (Lipinski definition) is 9. The van der Waals surface area contributed by atoms with Crippen LogP contribution in [0.2, 0.25) is 0 Å². The van der Waals surface area contributed by atoms with E-state index in [1.807, 2.05) is 66.9 Å². The Balaban J connectivity index is 1.56. The van der Waals surface area contributed by atoms with Crippen molar-refractivity contribution in [2.45, 2.75) is 19.9 Å². The fourth-order valence-electron chi connectivity index (χ4n) is 5.27. The number of nitrogens with zero attached hydrogens (tertiary/aromatic N) is 4. The van der Waals surface area contributed by atoms with Crippen molar-refractivity contribution >= 4 is 29.4 Å². The van der Waals surface area contributed by atoms with Gasteiger partial charge in [-0.25, -0.2) is 14.5 Å². The third-order valence-electron chi connectivity index (χ3n) is 7.28. The third kappa shape index (κ3) is 5.61. The van der Waals surface area contributed by atoms with Crippen molar-refractivity contribution in [3.63, 3.8) is 0 Å². The molecule has 1 unspecified atom stereocenters. The Hall–Kier alpha value is -5.55. The van der Waals surface area contributed by atoms with Crippen molar-refractivity contribution in [2.75, 3.05) is 14.2 Å². The second-order valence-corrected chi connectivity index (χ2v) is 11.2. The molecule has 0 radical (unpaired) electrons. The summed E-state index contributed by atoms with van der Waals surface area (Å²) in [5, 5.41) is 4.87. The van der Waals surface area contributed by atoms with E-state index in [0.29, 0.717) is 26.3 Å². The monoisotopic (exact) mass is 620 g/mol. The zero-order valence-corrected chi connectivity index (χ0v) is 25.7. The van der Waals surface area contributed by atoms with Gasteiger partial charge in [0.05, 0.1) is 47.4 Å². The van der Waals surface area contributed by atoms with Gasteiger partial charge in [-0.2, -0.15) is 5.10 Å². The van der Waals surface area contributed by atoms with Crippen molar-refractivity contribution < 1.29 is 23.8 Å². The van der Waals surface area contributed by atoms with Crippen LogP contribution in [0.3, 0.4) is 0 Å². The lowest BCUT2D eigenvalue weighted by Crippen LogP contribution is -2.39. The van der Waals surface area contributed by atoms with Gasteiger partial charge < -0.3 is 14.2 Å². The first-order chi connectivity index (χ1) is 21.8. The molecule has 226 valence electrons. The lowest BCUT2D eigenvalue weighted by molar-refractivity contribution is -0.136. The molecule has 11 heteroatoms. The summed E-state index contributed by atoms with van der Waals surface area (Å²) in [5.74, 6) is -0.644. The van der Waals surface area contributed by atoms with Crippen LogP contribution in [0.1, 0.15) is 31.0 Å². The first kappa shape index (κ1) is 29.5.